The van der Waals surface area contributed by atoms with Crippen LogP contribution >= 0.6 is 0 Å². The lowest BCUT2D eigenvalue weighted by atomic mass is 9.85. The van der Waals surface area contributed by atoms with Crippen LogP contribution in [0.25, 0.3) is 10.9 Å². The highest BCUT2D eigenvalue weighted by atomic mass is 28.3. The number of ether oxygens (including phenoxy) is 1. The number of carbonyl (C=O) groups excluding carboxylic acids is 1. The Morgan fingerprint density at radius 3 is 2.49 bits per heavy atom. The van der Waals surface area contributed by atoms with E-state index in [2.05, 4.69) is 29.6 Å². The molecule has 2 heterocycles. The number of rotatable bonds is 9. The standard InChI is InChI=1S/C28H35F3N4O3Si/c1-39(2,3)14-13-38-19-34-18-33-25-15-23(11-12-24(25)26(34)36)35(27(37)28(29,30)31)17-22-10-9-21(16-32-22)20-7-5-4-6-8-20/h9-12,15-16,18,20H,4-8,13-14,17,19H2,1-3H3. The number of amides is 1. The zero-order chi connectivity index (χ0) is 28.2. The average Bonchev–Trinajstić information content (AvgIpc) is 2.90. The molecule has 4 rings (SSSR count). The van der Waals surface area contributed by atoms with E-state index in [-0.39, 0.29) is 35.4 Å². The van der Waals surface area contributed by atoms with Gasteiger partial charge >= 0.3 is 12.1 Å². The smallest absolute Gasteiger partial charge is 0.361 e. The fraction of sp³-hybridized carbons (Fsp3) is 0.500. The van der Waals surface area contributed by atoms with Gasteiger partial charge in [-0.3, -0.25) is 24.0 Å². The Kier molecular flexibility index (Phi) is 8.90. The Balaban J connectivity index is 1.56. The Bertz CT molecular complexity index is 1350. The summed E-state index contributed by atoms with van der Waals surface area (Å²) in [5, 5.41) is 0.226. The van der Waals surface area contributed by atoms with Gasteiger partial charge < -0.3 is 4.74 Å². The zero-order valence-corrected chi connectivity index (χ0v) is 23.6. The molecule has 210 valence electrons. The minimum absolute atomic E-state index is 0.0148. The van der Waals surface area contributed by atoms with Crippen LogP contribution in [0.3, 0.4) is 0 Å². The zero-order valence-electron chi connectivity index (χ0n) is 22.6. The lowest BCUT2D eigenvalue weighted by molar-refractivity contribution is -0.170. The van der Waals surface area contributed by atoms with Crippen molar-refractivity contribution in [1.82, 2.24) is 14.5 Å². The summed E-state index contributed by atoms with van der Waals surface area (Å²) in [5.74, 6) is -1.60. The number of aromatic nitrogens is 3. The molecule has 7 nitrogen and oxygen atoms in total. The van der Waals surface area contributed by atoms with Crippen LogP contribution in [0.1, 0.15) is 49.3 Å². The van der Waals surface area contributed by atoms with Gasteiger partial charge in [-0.1, -0.05) is 45.0 Å². The highest BCUT2D eigenvalue weighted by Crippen LogP contribution is 2.32. The van der Waals surface area contributed by atoms with E-state index in [1.165, 1.54) is 35.5 Å². The Hall–Kier alpha value is -3.05. The van der Waals surface area contributed by atoms with E-state index in [0.29, 0.717) is 23.1 Å². The predicted molar refractivity (Wildman–Crippen MR) is 147 cm³/mol. The van der Waals surface area contributed by atoms with Crippen molar-refractivity contribution in [3.63, 3.8) is 0 Å². The van der Waals surface area contributed by atoms with Gasteiger partial charge in [-0.2, -0.15) is 13.2 Å². The van der Waals surface area contributed by atoms with Crippen molar-refractivity contribution in [2.75, 3.05) is 11.5 Å². The molecule has 1 fully saturated rings. The first-order chi connectivity index (χ1) is 18.4. The van der Waals surface area contributed by atoms with E-state index in [4.69, 9.17) is 4.74 Å². The molecule has 1 saturated carbocycles. The van der Waals surface area contributed by atoms with E-state index in [1.807, 2.05) is 6.07 Å². The molecule has 1 aliphatic carbocycles. The molecule has 1 amide bonds. The normalized spacial score (nSPS) is 15.0. The molecule has 0 radical (unpaired) electrons. The Morgan fingerprint density at radius 2 is 1.85 bits per heavy atom. The number of benzene rings is 1. The topological polar surface area (TPSA) is 77.3 Å². The molecule has 0 N–H and O–H groups in total. The third-order valence-corrected chi connectivity index (χ3v) is 8.78. The first-order valence-corrected chi connectivity index (χ1v) is 17.0. The van der Waals surface area contributed by atoms with Crippen LogP contribution in [0.15, 0.2) is 47.7 Å². The van der Waals surface area contributed by atoms with Gasteiger partial charge in [0.2, 0.25) is 0 Å². The van der Waals surface area contributed by atoms with Crippen LogP contribution in [0.2, 0.25) is 25.7 Å². The molecule has 0 saturated heterocycles. The van der Waals surface area contributed by atoms with Crippen LogP contribution < -0.4 is 10.5 Å². The molecule has 0 spiro atoms. The third-order valence-electron chi connectivity index (χ3n) is 7.08. The number of pyridine rings is 1. The first-order valence-electron chi connectivity index (χ1n) is 13.3. The molecule has 0 aliphatic heterocycles. The molecule has 11 heteroatoms. The van der Waals surface area contributed by atoms with Crippen molar-refractivity contribution in [2.45, 2.75) is 83.2 Å². The summed E-state index contributed by atoms with van der Waals surface area (Å²) >= 11 is 0. The molecule has 1 aromatic carbocycles. The van der Waals surface area contributed by atoms with Crippen molar-refractivity contribution >= 4 is 30.6 Å². The van der Waals surface area contributed by atoms with Crippen molar-refractivity contribution in [3.8, 4) is 0 Å². The Labute approximate surface area is 227 Å². The number of fused-ring (bicyclic) bond motifs is 1. The molecular weight excluding hydrogens is 525 g/mol. The van der Waals surface area contributed by atoms with Gasteiger partial charge in [0.05, 0.1) is 23.1 Å². The lowest BCUT2D eigenvalue weighted by Crippen LogP contribution is -2.41. The van der Waals surface area contributed by atoms with E-state index in [1.54, 1.807) is 12.3 Å². The fourth-order valence-corrected chi connectivity index (χ4v) is 5.51. The van der Waals surface area contributed by atoms with Crippen LogP contribution in [0, 0.1) is 0 Å². The molecular formula is C28H35F3N4O3Si. The molecule has 2 aromatic heterocycles. The number of hydrogen-bond acceptors (Lipinski definition) is 5. The summed E-state index contributed by atoms with van der Waals surface area (Å²) in [6.07, 6.45) is 3.63. The number of anilines is 1. The second-order valence-electron chi connectivity index (χ2n) is 11.4. The highest BCUT2D eigenvalue weighted by Gasteiger charge is 2.43. The van der Waals surface area contributed by atoms with Crippen LogP contribution in [-0.4, -0.2) is 41.3 Å². The number of nitrogens with zero attached hydrogens (tertiary/aromatic N) is 4. The van der Waals surface area contributed by atoms with Gasteiger partial charge in [0.15, 0.2) is 0 Å². The first kappa shape index (κ1) is 28.9. The van der Waals surface area contributed by atoms with E-state index < -0.39 is 20.2 Å². The van der Waals surface area contributed by atoms with Gasteiger partial charge in [0, 0.05) is 26.6 Å². The summed E-state index contributed by atoms with van der Waals surface area (Å²) in [5.41, 5.74) is 1.22. The Morgan fingerprint density at radius 1 is 1.10 bits per heavy atom. The summed E-state index contributed by atoms with van der Waals surface area (Å²) in [6, 6.07) is 8.59. The maximum absolute atomic E-state index is 13.6. The molecule has 0 atom stereocenters. The SMILES string of the molecule is C[Si](C)(C)CCOCn1cnc2cc(N(Cc3ccc(C4CCCCC4)cn3)C(=O)C(F)(F)F)ccc2c1=O. The quantitative estimate of drug-likeness (QED) is 0.229. The second-order valence-corrected chi connectivity index (χ2v) is 17.0. The van der Waals surface area contributed by atoms with Crippen molar-refractivity contribution in [1.29, 1.82) is 0 Å². The van der Waals surface area contributed by atoms with E-state index in [0.717, 1.165) is 37.3 Å². The van der Waals surface area contributed by atoms with Crippen LogP contribution in [0.4, 0.5) is 18.9 Å². The molecule has 39 heavy (non-hydrogen) atoms. The summed E-state index contributed by atoms with van der Waals surface area (Å²) in [4.78, 5) is 34.6. The molecule has 3 aromatic rings. The van der Waals surface area contributed by atoms with Crippen molar-refractivity contribution < 1.29 is 22.7 Å². The van der Waals surface area contributed by atoms with Gasteiger partial charge in [0.25, 0.3) is 5.56 Å². The number of halogens is 3. The van der Waals surface area contributed by atoms with E-state index >= 15 is 0 Å². The van der Waals surface area contributed by atoms with Gasteiger partial charge in [-0.05, 0) is 54.6 Å². The van der Waals surface area contributed by atoms with E-state index in [9.17, 15) is 22.8 Å². The minimum Gasteiger partial charge on any atom is -0.361 e. The second kappa shape index (κ2) is 12.0. The number of hydrogen-bond donors (Lipinski definition) is 0. The van der Waals surface area contributed by atoms with Crippen molar-refractivity contribution in [2.24, 2.45) is 0 Å². The summed E-state index contributed by atoms with van der Waals surface area (Å²) in [6.45, 7) is 6.89. The lowest BCUT2D eigenvalue weighted by Gasteiger charge is -2.25. The number of carbonyl (C=O) groups is 1. The fourth-order valence-electron chi connectivity index (χ4n) is 4.75. The number of alkyl halides is 3. The van der Waals surface area contributed by atoms with Crippen LogP contribution in [0.5, 0.6) is 0 Å². The van der Waals surface area contributed by atoms with Gasteiger partial charge in [0.1, 0.15) is 13.1 Å². The minimum atomic E-state index is -5.08. The van der Waals surface area contributed by atoms with Gasteiger partial charge in [-0.25, -0.2) is 4.98 Å². The average molecular weight is 561 g/mol. The monoisotopic (exact) mass is 560 g/mol. The summed E-state index contributed by atoms with van der Waals surface area (Å²) in [7, 11) is -1.28. The highest BCUT2D eigenvalue weighted by molar-refractivity contribution is 6.76. The molecule has 1 aliphatic rings. The predicted octanol–water partition coefficient (Wildman–Crippen LogP) is 6.25. The maximum Gasteiger partial charge on any atom is 0.471 e. The summed E-state index contributed by atoms with van der Waals surface area (Å²) < 4.78 is 47.6. The van der Waals surface area contributed by atoms with Crippen molar-refractivity contribution in [3.05, 3.63) is 64.5 Å². The maximum atomic E-state index is 13.6. The largest absolute Gasteiger partial charge is 0.471 e. The molecule has 0 unspecified atom stereocenters. The van der Waals surface area contributed by atoms with Crippen LogP contribution in [-0.2, 0) is 22.8 Å². The third kappa shape index (κ3) is 7.54. The molecule has 0 bridgehead atoms. The van der Waals surface area contributed by atoms with Gasteiger partial charge in [-0.15, -0.1) is 0 Å².